The third kappa shape index (κ3) is 4.04. The molecule has 0 aliphatic carbocycles. The molecule has 0 rings (SSSR count). The van der Waals surface area contributed by atoms with Gasteiger partial charge < -0.3 is 18.0 Å². The highest BCUT2D eigenvalue weighted by molar-refractivity contribution is 6.60. The van der Waals surface area contributed by atoms with Crippen molar-refractivity contribution in [3.05, 3.63) is 0 Å². The van der Waals surface area contributed by atoms with Gasteiger partial charge in [0.15, 0.2) is 0 Å². The van der Waals surface area contributed by atoms with Crippen LogP contribution in [0.15, 0.2) is 0 Å². The molecule has 4 nitrogen and oxygen atoms in total. The summed E-state index contributed by atoms with van der Waals surface area (Å²) in [6, 6.07) is -0.528. The quantitative estimate of drug-likeness (QED) is 0.505. The molecule has 0 bridgehead atoms. The average Bonchev–Trinajstić information content (AvgIpc) is 2.33. The van der Waals surface area contributed by atoms with Gasteiger partial charge in [-0.2, -0.15) is 30.7 Å². The Kier molecular flexibility index (Phi) is 6.41. The van der Waals surface area contributed by atoms with Crippen LogP contribution in [0.3, 0.4) is 0 Å². The first-order chi connectivity index (χ1) is 8.89. The molecule has 0 aromatic heterocycles. The number of ether oxygens (including phenoxy) is 1. The van der Waals surface area contributed by atoms with Crippen molar-refractivity contribution in [1.29, 1.82) is 0 Å². The first-order valence-corrected chi connectivity index (χ1v) is 6.94. The summed E-state index contributed by atoms with van der Waals surface area (Å²) < 4.78 is 104. The molecule has 0 N–H and O–H groups in total. The minimum atomic E-state index is -6.44. The Hall–Kier alpha value is -0.433. The second kappa shape index (κ2) is 6.55. The zero-order valence-electron chi connectivity index (χ0n) is 10.7. The molecular weight excluding hydrogens is 321 g/mol. The highest BCUT2D eigenvalue weighted by Crippen LogP contribution is 2.47. The summed E-state index contributed by atoms with van der Waals surface area (Å²) in [7, 11) is -0.0683. The van der Waals surface area contributed by atoms with Gasteiger partial charge in [-0.3, -0.25) is 0 Å². The summed E-state index contributed by atoms with van der Waals surface area (Å²) in [6.07, 6.45) is -12.1. The lowest BCUT2D eigenvalue weighted by Gasteiger charge is -2.29. The van der Waals surface area contributed by atoms with E-state index in [0.29, 0.717) is 0 Å². The van der Waals surface area contributed by atoms with Crippen LogP contribution in [0, 0.1) is 0 Å². The van der Waals surface area contributed by atoms with Gasteiger partial charge in [-0.15, -0.1) is 0 Å². The molecule has 0 fully saturated rings. The van der Waals surface area contributed by atoms with E-state index in [1.54, 1.807) is 0 Å². The largest absolute Gasteiger partial charge is 0.502 e. The third-order valence-corrected chi connectivity index (χ3v) is 5.03. The summed E-state index contributed by atoms with van der Waals surface area (Å²) in [6.45, 7) is -1.17. The molecule has 0 heterocycles. The molecule has 20 heavy (non-hydrogen) atoms. The van der Waals surface area contributed by atoms with Gasteiger partial charge in [0.25, 0.3) is 0 Å². The number of halogens is 7. The van der Waals surface area contributed by atoms with Gasteiger partial charge in [0.05, 0.1) is 6.61 Å². The van der Waals surface area contributed by atoms with Crippen molar-refractivity contribution < 1.29 is 48.7 Å². The van der Waals surface area contributed by atoms with Gasteiger partial charge in [0.1, 0.15) is 0 Å². The molecule has 0 aromatic rings. The maximum absolute atomic E-state index is 12.8. The number of hydrogen-bond donors (Lipinski definition) is 0. The maximum atomic E-state index is 12.8. The van der Waals surface area contributed by atoms with Crippen molar-refractivity contribution in [2.45, 2.75) is 24.3 Å². The van der Waals surface area contributed by atoms with Gasteiger partial charge in [0.2, 0.25) is 0 Å². The smallest absolute Gasteiger partial charge is 0.377 e. The van der Waals surface area contributed by atoms with Crippen LogP contribution < -0.4 is 0 Å². The van der Waals surface area contributed by atoms with Gasteiger partial charge in [-0.25, -0.2) is 0 Å². The lowest BCUT2D eigenvalue weighted by Crippen LogP contribution is -2.54. The standard InChI is InChI=1S/C8H13F7O4Si/c1-16-20(17-2,18-3)5-4-19-8(14,15)6(9,10)7(11,12)13/h4-5H2,1-3H3. The molecule has 12 heteroatoms. The van der Waals surface area contributed by atoms with E-state index in [9.17, 15) is 30.7 Å². The van der Waals surface area contributed by atoms with Crippen molar-refractivity contribution in [3.8, 4) is 0 Å². The molecule has 122 valence electrons. The molecule has 0 unspecified atom stereocenters. The fourth-order valence-electron chi connectivity index (χ4n) is 1.12. The topological polar surface area (TPSA) is 36.9 Å². The van der Waals surface area contributed by atoms with Crippen LogP contribution in [0.25, 0.3) is 0 Å². The Morgan fingerprint density at radius 2 is 1.20 bits per heavy atom. The predicted octanol–water partition coefficient (Wildman–Crippen LogP) is 2.67. The first-order valence-electron chi connectivity index (χ1n) is 5.01. The van der Waals surface area contributed by atoms with Gasteiger partial charge in [0, 0.05) is 27.4 Å². The second-order valence-corrected chi connectivity index (χ2v) is 6.57. The Balaban J connectivity index is 4.73. The van der Waals surface area contributed by atoms with Crippen LogP contribution in [0.2, 0.25) is 6.04 Å². The van der Waals surface area contributed by atoms with Gasteiger partial charge in [-0.05, 0) is 0 Å². The van der Waals surface area contributed by atoms with Gasteiger partial charge in [-0.1, -0.05) is 0 Å². The van der Waals surface area contributed by atoms with Crippen molar-refractivity contribution in [2.24, 2.45) is 0 Å². The van der Waals surface area contributed by atoms with Crippen molar-refractivity contribution >= 4 is 8.80 Å². The van der Waals surface area contributed by atoms with E-state index in [-0.39, 0.29) is 0 Å². The lowest BCUT2D eigenvalue weighted by atomic mass is 10.3. The van der Waals surface area contributed by atoms with Crippen LogP contribution in [0.5, 0.6) is 0 Å². The van der Waals surface area contributed by atoms with Crippen LogP contribution in [-0.2, 0) is 18.0 Å². The van der Waals surface area contributed by atoms with Gasteiger partial charge >= 0.3 is 27.0 Å². The molecular formula is C8H13F7O4Si. The summed E-state index contributed by atoms with van der Waals surface area (Å²) in [5.74, 6) is -6.31. The molecule has 0 radical (unpaired) electrons. The highest BCUT2D eigenvalue weighted by Gasteiger charge is 2.74. The zero-order valence-corrected chi connectivity index (χ0v) is 11.7. The number of rotatable bonds is 8. The summed E-state index contributed by atoms with van der Waals surface area (Å²) in [4.78, 5) is 0. The molecule has 0 saturated carbocycles. The maximum Gasteiger partial charge on any atom is 0.502 e. The molecule has 0 aliphatic heterocycles. The molecule has 0 atom stereocenters. The molecule has 0 aliphatic rings. The summed E-state index contributed by atoms with van der Waals surface area (Å²) >= 11 is 0. The lowest BCUT2D eigenvalue weighted by molar-refractivity contribution is -0.423. The van der Waals surface area contributed by atoms with E-state index in [2.05, 4.69) is 4.74 Å². The van der Waals surface area contributed by atoms with Crippen LogP contribution in [0.4, 0.5) is 30.7 Å². The monoisotopic (exact) mass is 334 g/mol. The normalized spacial score (nSPS) is 14.7. The molecule has 0 saturated heterocycles. The molecule has 0 spiro atoms. The zero-order chi connectivity index (χ0) is 16.2. The van der Waals surface area contributed by atoms with Crippen molar-refractivity contribution in [2.75, 3.05) is 27.9 Å². The molecule has 0 aromatic carbocycles. The summed E-state index contributed by atoms with van der Waals surface area (Å²) in [5.41, 5.74) is 0. The average molecular weight is 334 g/mol. The molecule has 0 amide bonds. The Morgan fingerprint density at radius 3 is 1.50 bits per heavy atom. The van der Waals surface area contributed by atoms with E-state index in [0.717, 1.165) is 21.3 Å². The Labute approximate surface area is 111 Å². The van der Waals surface area contributed by atoms with E-state index in [1.165, 1.54) is 0 Å². The van der Waals surface area contributed by atoms with Crippen molar-refractivity contribution in [1.82, 2.24) is 0 Å². The fourth-order valence-corrected chi connectivity index (χ4v) is 2.58. The van der Waals surface area contributed by atoms with E-state index >= 15 is 0 Å². The first kappa shape index (κ1) is 19.6. The predicted molar refractivity (Wildman–Crippen MR) is 53.5 cm³/mol. The minimum absolute atomic E-state index is 0.528. The highest BCUT2D eigenvalue weighted by atomic mass is 28.4. The Bertz CT molecular complexity index is 297. The van der Waals surface area contributed by atoms with E-state index in [1.807, 2.05) is 0 Å². The third-order valence-electron chi connectivity index (χ3n) is 2.35. The van der Waals surface area contributed by atoms with E-state index < -0.39 is 39.7 Å². The second-order valence-electron chi connectivity index (χ2n) is 3.48. The summed E-state index contributed by atoms with van der Waals surface area (Å²) in [5, 5.41) is 0. The van der Waals surface area contributed by atoms with E-state index in [4.69, 9.17) is 13.3 Å². The van der Waals surface area contributed by atoms with Crippen LogP contribution in [0.1, 0.15) is 0 Å². The Morgan fingerprint density at radius 1 is 0.800 bits per heavy atom. The van der Waals surface area contributed by atoms with Crippen molar-refractivity contribution in [3.63, 3.8) is 0 Å². The number of hydrogen-bond acceptors (Lipinski definition) is 4. The van der Waals surface area contributed by atoms with Crippen LogP contribution >= 0.6 is 0 Å². The fraction of sp³-hybridized carbons (Fsp3) is 1.00. The minimum Gasteiger partial charge on any atom is -0.377 e. The van der Waals surface area contributed by atoms with Crippen LogP contribution in [-0.4, -0.2) is 54.9 Å². The SMILES string of the molecule is CO[Si](CCOC(F)(F)C(F)(F)C(F)(F)F)(OC)OC. The number of alkyl halides is 7.